The molecule has 0 spiro atoms. The Morgan fingerprint density at radius 2 is 1.84 bits per heavy atom. The minimum absolute atomic E-state index is 0.00402. The largest absolute Gasteiger partial charge is 0.464 e. The molecule has 0 radical (unpaired) electrons. The van der Waals surface area contributed by atoms with Crippen LogP contribution in [0, 0.1) is 5.82 Å². The van der Waals surface area contributed by atoms with Crippen molar-refractivity contribution < 1.29 is 27.5 Å². The quantitative estimate of drug-likeness (QED) is 0.192. The molecule has 1 aliphatic rings. The van der Waals surface area contributed by atoms with Gasteiger partial charge in [0.1, 0.15) is 29.2 Å². The van der Waals surface area contributed by atoms with Gasteiger partial charge in [-0.3, -0.25) is 4.79 Å². The van der Waals surface area contributed by atoms with E-state index in [-0.39, 0.29) is 36.6 Å². The number of thiocarbonyl (C=S) groups is 1. The highest BCUT2D eigenvalue weighted by atomic mass is 35.5. The van der Waals surface area contributed by atoms with E-state index in [0.717, 1.165) is 27.6 Å². The molecular weight excluding hydrogens is 620 g/mol. The van der Waals surface area contributed by atoms with Gasteiger partial charge in [0, 0.05) is 42.4 Å². The standard InChI is InChI=1S/C34H34ClF2N3O4S/c1-34(2,3)44-33(42)39-17-20-6-4-7-22(12-20)26-14-21(13-23-10-11-43-31(23)26)15-29(45)40-19-25(36)16-28(40)32(41)38-18-24-8-5-9-27(35)30(24)37/h4-14,25,28H,15-19H2,1-3H3,(H,38,41)(H,39,42)/t25-,28+/m1/s1. The van der Waals surface area contributed by atoms with Gasteiger partial charge < -0.3 is 24.7 Å². The second kappa shape index (κ2) is 13.5. The molecular formula is C34H34ClF2N3O4S. The number of rotatable bonds is 8. The number of ether oxygens (including phenoxy) is 1. The summed E-state index contributed by atoms with van der Waals surface area (Å²) in [4.78, 5) is 27.3. The molecule has 4 aromatic rings. The van der Waals surface area contributed by atoms with Crippen molar-refractivity contribution in [3.63, 3.8) is 0 Å². The number of hydrogen-bond donors (Lipinski definition) is 2. The topological polar surface area (TPSA) is 83.8 Å². The number of halogens is 3. The van der Waals surface area contributed by atoms with E-state index in [4.69, 9.17) is 33.0 Å². The normalized spacial score (nSPS) is 16.5. The van der Waals surface area contributed by atoms with E-state index in [1.165, 1.54) is 12.1 Å². The van der Waals surface area contributed by atoms with Crippen LogP contribution in [0.5, 0.6) is 0 Å². The Hall–Kier alpha value is -4.02. The molecule has 7 nitrogen and oxygen atoms in total. The fourth-order valence-electron chi connectivity index (χ4n) is 5.37. The maximum absolute atomic E-state index is 14.6. The number of nitrogens with zero attached hydrogens (tertiary/aromatic N) is 1. The summed E-state index contributed by atoms with van der Waals surface area (Å²) in [6.45, 7) is 5.61. The highest BCUT2D eigenvalue weighted by Crippen LogP contribution is 2.33. The van der Waals surface area contributed by atoms with Gasteiger partial charge in [-0.15, -0.1) is 0 Å². The highest BCUT2D eigenvalue weighted by Gasteiger charge is 2.38. The minimum Gasteiger partial charge on any atom is -0.464 e. The van der Waals surface area contributed by atoms with Gasteiger partial charge in [-0.1, -0.05) is 54.2 Å². The number of amides is 2. The Balaban J connectivity index is 1.31. The van der Waals surface area contributed by atoms with Crippen LogP contribution in [0.1, 0.15) is 43.9 Å². The zero-order chi connectivity index (χ0) is 32.3. The van der Waals surface area contributed by atoms with Crippen LogP contribution in [-0.4, -0.2) is 46.2 Å². The summed E-state index contributed by atoms with van der Waals surface area (Å²) in [6, 6.07) is 17.3. The number of nitrogens with one attached hydrogen (secondary N) is 2. The molecule has 1 saturated heterocycles. The molecule has 0 saturated carbocycles. The molecule has 2 heterocycles. The monoisotopic (exact) mass is 653 g/mol. The lowest BCUT2D eigenvalue weighted by Crippen LogP contribution is -2.45. The number of furan rings is 1. The molecule has 5 rings (SSSR count). The Morgan fingerprint density at radius 3 is 2.62 bits per heavy atom. The molecule has 2 amide bonds. The summed E-state index contributed by atoms with van der Waals surface area (Å²) in [6.07, 6.45) is 0.160. The van der Waals surface area contributed by atoms with E-state index < -0.39 is 35.6 Å². The number of fused-ring (bicyclic) bond motifs is 1. The molecule has 236 valence electrons. The lowest BCUT2D eigenvalue weighted by molar-refractivity contribution is -0.124. The van der Waals surface area contributed by atoms with E-state index in [1.54, 1.807) is 38.0 Å². The number of alkyl halides is 1. The first-order chi connectivity index (χ1) is 21.4. The van der Waals surface area contributed by atoms with Gasteiger partial charge in [0.15, 0.2) is 0 Å². The van der Waals surface area contributed by atoms with Crippen LogP contribution in [0.3, 0.4) is 0 Å². The van der Waals surface area contributed by atoms with Gasteiger partial charge in [0.05, 0.1) is 22.8 Å². The van der Waals surface area contributed by atoms with Crippen LogP contribution < -0.4 is 10.6 Å². The van der Waals surface area contributed by atoms with Crippen LogP contribution in [0.2, 0.25) is 5.02 Å². The molecule has 3 aromatic carbocycles. The summed E-state index contributed by atoms with van der Waals surface area (Å²) in [5.74, 6) is -1.03. The molecule has 1 fully saturated rings. The van der Waals surface area contributed by atoms with Crippen molar-refractivity contribution >= 4 is 51.8 Å². The predicted octanol–water partition coefficient (Wildman–Crippen LogP) is 7.52. The predicted molar refractivity (Wildman–Crippen MR) is 174 cm³/mol. The molecule has 0 bridgehead atoms. The number of hydrogen-bond acceptors (Lipinski definition) is 5. The van der Waals surface area contributed by atoms with Crippen molar-refractivity contribution in [3.05, 3.63) is 94.5 Å². The van der Waals surface area contributed by atoms with Crippen molar-refractivity contribution in [2.24, 2.45) is 0 Å². The molecule has 0 unspecified atom stereocenters. The Morgan fingerprint density at radius 1 is 1.07 bits per heavy atom. The molecule has 11 heteroatoms. The average Bonchev–Trinajstić information content (AvgIpc) is 3.62. The molecule has 0 aliphatic carbocycles. The van der Waals surface area contributed by atoms with E-state index in [2.05, 4.69) is 10.6 Å². The average molecular weight is 654 g/mol. The summed E-state index contributed by atoms with van der Waals surface area (Å²) in [5, 5.41) is 6.32. The van der Waals surface area contributed by atoms with Crippen molar-refractivity contribution in [1.82, 2.24) is 15.5 Å². The van der Waals surface area contributed by atoms with Crippen LogP contribution in [0.4, 0.5) is 13.6 Å². The SMILES string of the molecule is CC(C)(C)OC(=O)NCc1cccc(-c2cc(CC(=S)N3C[C@H](F)C[C@H]3C(=O)NCc3cccc(Cl)c3F)cc3ccoc23)c1. The lowest BCUT2D eigenvalue weighted by Gasteiger charge is -2.26. The third-order valence-corrected chi connectivity index (χ3v) is 8.07. The van der Waals surface area contributed by atoms with Crippen LogP contribution in [-0.2, 0) is 29.0 Å². The van der Waals surface area contributed by atoms with E-state index in [0.29, 0.717) is 17.0 Å². The highest BCUT2D eigenvalue weighted by molar-refractivity contribution is 7.80. The van der Waals surface area contributed by atoms with Crippen LogP contribution in [0.15, 0.2) is 71.3 Å². The molecule has 2 atom stereocenters. The first-order valence-electron chi connectivity index (χ1n) is 14.6. The number of carbonyl (C=O) groups is 2. The maximum atomic E-state index is 14.6. The van der Waals surface area contributed by atoms with Gasteiger partial charge in [-0.25, -0.2) is 13.6 Å². The number of benzene rings is 3. The zero-order valence-electron chi connectivity index (χ0n) is 25.2. The Kier molecular flexibility index (Phi) is 9.74. The summed E-state index contributed by atoms with van der Waals surface area (Å²) < 4.78 is 40.1. The molecule has 2 N–H and O–H groups in total. The second-order valence-corrected chi connectivity index (χ2v) is 12.9. The van der Waals surface area contributed by atoms with E-state index in [9.17, 15) is 18.4 Å². The van der Waals surface area contributed by atoms with Gasteiger partial charge in [0.25, 0.3) is 0 Å². The molecule has 1 aliphatic heterocycles. The van der Waals surface area contributed by atoms with Crippen LogP contribution in [0.25, 0.3) is 22.1 Å². The second-order valence-electron chi connectivity index (χ2n) is 12.0. The summed E-state index contributed by atoms with van der Waals surface area (Å²) in [5.41, 5.74) is 3.78. The molecule has 45 heavy (non-hydrogen) atoms. The maximum Gasteiger partial charge on any atom is 0.407 e. The summed E-state index contributed by atoms with van der Waals surface area (Å²) >= 11 is 11.6. The first kappa shape index (κ1) is 32.4. The smallest absolute Gasteiger partial charge is 0.407 e. The Bertz CT molecular complexity index is 1740. The van der Waals surface area contributed by atoms with Crippen molar-refractivity contribution in [2.45, 2.75) is 64.5 Å². The molecule has 1 aromatic heterocycles. The third kappa shape index (κ3) is 7.99. The zero-order valence-corrected chi connectivity index (χ0v) is 26.7. The minimum atomic E-state index is -1.23. The van der Waals surface area contributed by atoms with Gasteiger partial charge >= 0.3 is 6.09 Å². The third-order valence-electron chi connectivity index (χ3n) is 7.40. The van der Waals surface area contributed by atoms with Crippen molar-refractivity contribution in [1.29, 1.82) is 0 Å². The number of likely N-dealkylation sites (tertiary alicyclic amines) is 1. The van der Waals surface area contributed by atoms with E-state index in [1.807, 2.05) is 42.5 Å². The first-order valence-corrected chi connectivity index (χ1v) is 15.4. The van der Waals surface area contributed by atoms with Crippen molar-refractivity contribution in [2.75, 3.05) is 6.54 Å². The number of alkyl carbamates (subject to hydrolysis) is 1. The lowest BCUT2D eigenvalue weighted by atomic mass is 9.97. The van der Waals surface area contributed by atoms with E-state index >= 15 is 0 Å². The van der Waals surface area contributed by atoms with Gasteiger partial charge in [-0.05, 0) is 67.8 Å². The fourth-order valence-corrected chi connectivity index (χ4v) is 5.93. The fraction of sp³-hybridized carbons (Fsp3) is 0.324. The van der Waals surface area contributed by atoms with Crippen LogP contribution >= 0.6 is 23.8 Å². The van der Waals surface area contributed by atoms with Gasteiger partial charge in [-0.2, -0.15) is 0 Å². The van der Waals surface area contributed by atoms with Crippen molar-refractivity contribution in [3.8, 4) is 11.1 Å². The summed E-state index contributed by atoms with van der Waals surface area (Å²) in [7, 11) is 0. The van der Waals surface area contributed by atoms with Gasteiger partial charge in [0.2, 0.25) is 5.91 Å². The Labute approximate surface area is 270 Å². The number of carbonyl (C=O) groups excluding carboxylic acids is 2.